The van der Waals surface area contributed by atoms with E-state index in [4.69, 9.17) is 26.8 Å². The Bertz CT molecular complexity index is 342. The average Bonchev–Trinajstić information content (AvgIpc) is 2.31. The van der Waals surface area contributed by atoms with Crippen LogP contribution >= 0.6 is 11.6 Å². The zero-order valence-electron chi connectivity index (χ0n) is 9.75. The van der Waals surface area contributed by atoms with Crippen LogP contribution in [0.2, 0.25) is 5.02 Å². The summed E-state index contributed by atoms with van der Waals surface area (Å²) in [4.78, 5) is 0. The fraction of sp³-hybridized carbons (Fsp3) is 0.500. The molecule has 0 bridgehead atoms. The van der Waals surface area contributed by atoms with Gasteiger partial charge in [-0.25, -0.2) is 0 Å². The third kappa shape index (κ3) is 3.03. The summed E-state index contributed by atoms with van der Waals surface area (Å²) in [5.74, 6) is 1.27. The molecule has 0 radical (unpaired) electrons. The molecule has 1 aromatic carbocycles. The highest BCUT2D eigenvalue weighted by Gasteiger charge is 2.12. The number of aryl methyl sites for hydroxylation is 1. The van der Waals surface area contributed by atoms with E-state index in [0.29, 0.717) is 23.1 Å². The molecule has 1 rings (SSSR count). The van der Waals surface area contributed by atoms with Crippen molar-refractivity contribution >= 4 is 11.6 Å². The summed E-state index contributed by atoms with van der Waals surface area (Å²) in [7, 11) is 3.19. The number of hydrogen-bond donors (Lipinski definition) is 1. The van der Waals surface area contributed by atoms with E-state index in [1.165, 1.54) is 0 Å². The minimum absolute atomic E-state index is 0.606. The molecular weight excluding hydrogens is 226 g/mol. The Balaban J connectivity index is 2.86. The number of methoxy groups -OCH3 is 2. The fourth-order valence-corrected chi connectivity index (χ4v) is 1.91. The predicted molar refractivity (Wildman–Crippen MR) is 66.5 cm³/mol. The summed E-state index contributed by atoms with van der Waals surface area (Å²) < 4.78 is 10.4. The third-order valence-corrected chi connectivity index (χ3v) is 2.88. The molecule has 0 amide bonds. The number of nitrogens with two attached hydrogens (primary N) is 1. The van der Waals surface area contributed by atoms with Gasteiger partial charge in [-0.05, 0) is 37.4 Å². The molecule has 0 fully saturated rings. The van der Waals surface area contributed by atoms with E-state index in [-0.39, 0.29) is 0 Å². The van der Waals surface area contributed by atoms with Crippen LogP contribution in [-0.4, -0.2) is 20.8 Å². The van der Waals surface area contributed by atoms with Gasteiger partial charge in [0.05, 0.1) is 19.2 Å². The highest BCUT2D eigenvalue weighted by molar-refractivity contribution is 6.33. The molecule has 0 saturated heterocycles. The molecule has 0 spiro atoms. The van der Waals surface area contributed by atoms with Gasteiger partial charge < -0.3 is 15.2 Å². The minimum atomic E-state index is 0.606. The summed E-state index contributed by atoms with van der Waals surface area (Å²) in [6, 6.07) is 3.85. The number of halogens is 1. The first-order valence-electron chi connectivity index (χ1n) is 5.34. The molecular formula is C12H18ClNO2. The van der Waals surface area contributed by atoms with Crippen molar-refractivity contribution in [1.82, 2.24) is 0 Å². The smallest absolute Gasteiger partial charge is 0.179 e. The van der Waals surface area contributed by atoms with E-state index in [1.54, 1.807) is 14.2 Å². The Hall–Kier alpha value is -0.930. The van der Waals surface area contributed by atoms with Gasteiger partial charge in [0.2, 0.25) is 0 Å². The van der Waals surface area contributed by atoms with Crippen LogP contribution in [0.1, 0.15) is 18.4 Å². The van der Waals surface area contributed by atoms with Crippen molar-refractivity contribution in [3.63, 3.8) is 0 Å². The van der Waals surface area contributed by atoms with Gasteiger partial charge >= 0.3 is 0 Å². The van der Waals surface area contributed by atoms with Gasteiger partial charge in [0.25, 0.3) is 0 Å². The first-order valence-corrected chi connectivity index (χ1v) is 5.71. The number of benzene rings is 1. The Morgan fingerprint density at radius 1 is 1.19 bits per heavy atom. The molecule has 0 unspecified atom stereocenters. The summed E-state index contributed by atoms with van der Waals surface area (Å²) in [6.45, 7) is 0.713. The lowest BCUT2D eigenvalue weighted by atomic mass is 10.1. The first kappa shape index (κ1) is 13.1. The molecule has 0 atom stereocenters. The molecule has 16 heavy (non-hydrogen) atoms. The van der Waals surface area contributed by atoms with Crippen molar-refractivity contribution < 1.29 is 9.47 Å². The van der Waals surface area contributed by atoms with Crippen molar-refractivity contribution in [2.75, 3.05) is 20.8 Å². The Labute approximate surface area is 101 Å². The molecule has 1 aromatic rings. The van der Waals surface area contributed by atoms with Crippen LogP contribution in [0, 0.1) is 0 Å². The van der Waals surface area contributed by atoms with E-state index < -0.39 is 0 Å². The number of rotatable bonds is 6. The van der Waals surface area contributed by atoms with Crippen LogP contribution in [-0.2, 0) is 6.42 Å². The largest absolute Gasteiger partial charge is 0.493 e. The molecule has 0 saturated carbocycles. The monoisotopic (exact) mass is 243 g/mol. The SMILES string of the molecule is COc1ccc(CCCCN)c(Cl)c1OC. The van der Waals surface area contributed by atoms with E-state index in [2.05, 4.69) is 0 Å². The lowest BCUT2D eigenvalue weighted by Crippen LogP contribution is -2.00. The van der Waals surface area contributed by atoms with Gasteiger partial charge in [-0.3, -0.25) is 0 Å². The standard InChI is InChI=1S/C12H18ClNO2/c1-15-10-7-6-9(5-3-4-8-14)11(13)12(10)16-2/h6-7H,3-5,8,14H2,1-2H3. The highest BCUT2D eigenvalue weighted by Crippen LogP contribution is 2.37. The summed E-state index contributed by atoms with van der Waals surface area (Å²) in [5.41, 5.74) is 6.53. The molecule has 3 nitrogen and oxygen atoms in total. The van der Waals surface area contributed by atoms with Gasteiger partial charge in [-0.2, -0.15) is 0 Å². The lowest BCUT2D eigenvalue weighted by Gasteiger charge is -2.12. The Morgan fingerprint density at radius 2 is 1.94 bits per heavy atom. The topological polar surface area (TPSA) is 44.5 Å². The maximum absolute atomic E-state index is 6.24. The second-order valence-electron chi connectivity index (χ2n) is 3.52. The van der Waals surface area contributed by atoms with Crippen LogP contribution in [0.15, 0.2) is 12.1 Å². The molecule has 0 aliphatic carbocycles. The van der Waals surface area contributed by atoms with Crippen molar-refractivity contribution in [3.05, 3.63) is 22.7 Å². The van der Waals surface area contributed by atoms with E-state index in [1.807, 2.05) is 12.1 Å². The zero-order valence-corrected chi connectivity index (χ0v) is 10.5. The van der Waals surface area contributed by atoms with Crippen LogP contribution < -0.4 is 15.2 Å². The van der Waals surface area contributed by atoms with Gasteiger partial charge in [0, 0.05) is 0 Å². The molecule has 0 heterocycles. The van der Waals surface area contributed by atoms with Crippen molar-refractivity contribution in [2.24, 2.45) is 5.73 Å². The zero-order chi connectivity index (χ0) is 12.0. The Kier molecular flexibility index (Phi) is 5.43. The van der Waals surface area contributed by atoms with Gasteiger partial charge in [-0.1, -0.05) is 17.7 Å². The fourth-order valence-electron chi connectivity index (χ4n) is 1.58. The van der Waals surface area contributed by atoms with Crippen molar-refractivity contribution in [2.45, 2.75) is 19.3 Å². The van der Waals surface area contributed by atoms with Crippen LogP contribution in [0.25, 0.3) is 0 Å². The maximum Gasteiger partial charge on any atom is 0.179 e. The van der Waals surface area contributed by atoms with Gasteiger partial charge in [-0.15, -0.1) is 0 Å². The first-order chi connectivity index (χ1) is 7.74. The van der Waals surface area contributed by atoms with E-state index in [0.717, 1.165) is 24.8 Å². The minimum Gasteiger partial charge on any atom is -0.493 e. The summed E-state index contributed by atoms with van der Waals surface area (Å²) >= 11 is 6.24. The summed E-state index contributed by atoms with van der Waals surface area (Å²) in [6.07, 6.45) is 2.95. The summed E-state index contributed by atoms with van der Waals surface area (Å²) in [5, 5.41) is 0.638. The average molecular weight is 244 g/mol. The van der Waals surface area contributed by atoms with E-state index in [9.17, 15) is 0 Å². The third-order valence-electron chi connectivity index (χ3n) is 2.47. The molecule has 2 N–H and O–H groups in total. The predicted octanol–water partition coefficient (Wildman–Crippen LogP) is 2.64. The molecule has 0 aromatic heterocycles. The van der Waals surface area contributed by atoms with Crippen LogP contribution in [0.5, 0.6) is 11.5 Å². The number of hydrogen-bond acceptors (Lipinski definition) is 3. The number of unbranched alkanes of at least 4 members (excludes halogenated alkanes) is 1. The Morgan fingerprint density at radius 3 is 2.50 bits per heavy atom. The van der Waals surface area contributed by atoms with Crippen molar-refractivity contribution in [1.29, 1.82) is 0 Å². The molecule has 90 valence electrons. The maximum atomic E-state index is 6.24. The van der Waals surface area contributed by atoms with Crippen LogP contribution in [0.3, 0.4) is 0 Å². The van der Waals surface area contributed by atoms with Gasteiger partial charge in [0.15, 0.2) is 11.5 Å². The quantitative estimate of drug-likeness (QED) is 0.782. The van der Waals surface area contributed by atoms with E-state index >= 15 is 0 Å². The second-order valence-corrected chi connectivity index (χ2v) is 3.90. The molecule has 0 aliphatic rings. The van der Waals surface area contributed by atoms with Crippen molar-refractivity contribution in [3.8, 4) is 11.5 Å². The second kappa shape index (κ2) is 6.61. The van der Waals surface area contributed by atoms with Gasteiger partial charge in [0.1, 0.15) is 0 Å². The van der Waals surface area contributed by atoms with Crippen LogP contribution in [0.4, 0.5) is 0 Å². The normalized spacial score (nSPS) is 10.2. The highest BCUT2D eigenvalue weighted by atomic mass is 35.5. The molecule has 4 heteroatoms. The lowest BCUT2D eigenvalue weighted by molar-refractivity contribution is 0.354. The number of ether oxygens (including phenoxy) is 2. The molecule has 0 aliphatic heterocycles.